The van der Waals surface area contributed by atoms with E-state index in [2.05, 4.69) is 17.2 Å². The molecule has 0 aliphatic carbocycles. The van der Waals surface area contributed by atoms with E-state index in [1.54, 1.807) is 0 Å². The molecule has 0 spiro atoms. The Morgan fingerprint density at radius 3 is 2.32 bits per heavy atom. The number of hydrogen-bond acceptors (Lipinski definition) is 4. The zero-order valence-electron chi connectivity index (χ0n) is 18.0. The number of aryl methyl sites for hydroxylation is 2. The van der Waals surface area contributed by atoms with Crippen LogP contribution in [-0.2, 0) is 27.9 Å². The van der Waals surface area contributed by atoms with E-state index in [4.69, 9.17) is 4.74 Å². The van der Waals surface area contributed by atoms with Gasteiger partial charge in [0.1, 0.15) is 0 Å². The Morgan fingerprint density at radius 1 is 0.903 bits per heavy atom. The van der Waals surface area contributed by atoms with Crippen molar-refractivity contribution < 1.29 is 14.3 Å². The predicted octanol–water partition coefficient (Wildman–Crippen LogP) is 2.25. The van der Waals surface area contributed by atoms with Crippen LogP contribution in [0.5, 0.6) is 0 Å². The quantitative estimate of drug-likeness (QED) is 0.761. The lowest BCUT2D eigenvalue weighted by Crippen LogP contribution is -2.56. The molecule has 7 heteroatoms. The molecule has 164 valence electrons. The molecule has 0 radical (unpaired) electrons. The molecular weight excluding hydrogens is 392 g/mol. The zero-order valence-corrected chi connectivity index (χ0v) is 18.0. The van der Waals surface area contributed by atoms with Crippen LogP contribution in [0.2, 0.25) is 0 Å². The van der Waals surface area contributed by atoms with Gasteiger partial charge in [-0.05, 0) is 43.7 Å². The molecule has 2 amide bonds. The van der Waals surface area contributed by atoms with Gasteiger partial charge >= 0.3 is 0 Å². The summed E-state index contributed by atoms with van der Waals surface area (Å²) in [5, 5.41) is 4.54. The van der Waals surface area contributed by atoms with Gasteiger partial charge in [0.05, 0.1) is 5.41 Å². The van der Waals surface area contributed by atoms with Crippen molar-refractivity contribution in [3.05, 3.63) is 53.3 Å². The Balaban J connectivity index is 1.27. The first kappa shape index (κ1) is 20.2. The lowest BCUT2D eigenvalue weighted by Gasteiger charge is -2.43. The summed E-state index contributed by atoms with van der Waals surface area (Å²) in [6, 6.07) is 12.1. The second-order valence-corrected chi connectivity index (χ2v) is 8.85. The van der Waals surface area contributed by atoms with Gasteiger partial charge < -0.3 is 14.5 Å². The Morgan fingerprint density at radius 2 is 1.61 bits per heavy atom. The first-order valence-electron chi connectivity index (χ1n) is 11.5. The Labute approximate surface area is 183 Å². The van der Waals surface area contributed by atoms with Gasteiger partial charge in [-0.2, -0.15) is 5.10 Å². The lowest BCUT2D eigenvalue weighted by molar-refractivity contribution is -0.142. The summed E-state index contributed by atoms with van der Waals surface area (Å²) in [6.45, 7) is 4.33. The van der Waals surface area contributed by atoms with Gasteiger partial charge in [-0.15, -0.1) is 0 Å². The summed E-state index contributed by atoms with van der Waals surface area (Å²) >= 11 is 0. The minimum atomic E-state index is -0.519. The van der Waals surface area contributed by atoms with Gasteiger partial charge in [-0.3, -0.25) is 14.3 Å². The largest absolute Gasteiger partial charge is 0.381 e. The van der Waals surface area contributed by atoms with E-state index in [9.17, 15) is 9.59 Å². The van der Waals surface area contributed by atoms with Gasteiger partial charge in [0, 0.05) is 51.6 Å². The Hall–Kier alpha value is -2.67. The second kappa shape index (κ2) is 8.46. The number of hydrogen-bond donors (Lipinski definition) is 0. The maximum Gasteiger partial charge on any atom is 0.274 e. The number of aromatic nitrogens is 2. The third kappa shape index (κ3) is 3.76. The lowest BCUT2D eigenvalue weighted by atomic mass is 9.73. The first-order valence-corrected chi connectivity index (χ1v) is 11.5. The van der Waals surface area contributed by atoms with Crippen LogP contribution in [0.3, 0.4) is 0 Å². The summed E-state index contributed by atoms with van der Waals surface area (Å²) < 4.78 is 7.56. The van der Waals surface area contributed by atoms with Crippen molar-refractivity contribution in [1.82, 2.24) is 19.6 Å². The summed E-state index contributed by atoms with van der Waals surface area (Å²) in [4.78, 5) is 30.5. The number of carbonyl (C=O) groups excluding carboxylic acids is 2. The fourth-order valence-electron chi connectivity index (χ4n) is 5.20. The van der Waals surface area contributed by atoms with E-state index in [1.807, 2.05) is 38.7 Å². The standard InChI is InChI=1S/C24H30N4O3/c29-22(21-18-20-8-4-5-11-28(20)25-21)26-12-14-27(15-13-26)23(30)24(9-16-31-17-10-24)19-6-2-1-3-7-19/h1-3,6-7,18H,4-5,8-17H2. The molecule has 4 heterocycles. The molecule has 2 aromatic rings. The molecule has 3 aliphatic rings. The molecular formula is C24H30N4O3. The predicted molar refractivity (Wildman–Crippen MR) is 116 cm³/mol. The highest BCUT2D eigenvalue weighted by Gasteiger charge is 2.44. The molecule has 2 fully saturated rings. The van der Waals surface area contributed by atoms with Crippen LogP contribution >= 0.6 is 0 Å². The summed E-state index contributed by atoms with van der Waals surface area (Å²) in [5.74, 6) is 0.157. The number of carbonyl (C=O) groups is 2. The molecule has 2 saturated heterocycles. The molecule has 0 bridgehead atoms. The molecule has 7 nitrogen and oxygen atoms in total. The van der Waals surface area contributed by atoms with Crippen molar-refractivity contribution in [2.24, 2.45) is 0 Å². The molecule has 0 N–H and O–H groups in total. The fraction of sp³-hybridized carbons (Fsp3) is 0.542. The average Bonchev–Trinajstić information content (AvgIpc) is 3.28. The molecule has 0 unspecified atom stereocenters. The first-order chi connectivity index (χ1) is 15.2. The zero-order chi connectivity index (χ0) is 21.3. The number of amides is 2. The van der Waals surface area contributed by atoms with Gasteiger partial charge in [-0.1, -0.05) is 30.3 Å². The summed E-state index contributed by atoms with van der Waals surface area (Å²) in [5.41, 5.74) is 2.26. The van der Waals surface area contributed by atoms with E-state index in [-0.39, 0.29) is 11.8 Å². The third-order valence-electron chi connectivity index (χ3n) is 7.07. The topological polar surface area (TPSA) is 67.7 Å². The highest BCUT2D eigenvalue weighted by molar-refractivity contribution is 5.93. The number of benzene rings is 1. The average molecular weight is 423 g/mol. The number of ether oxygens (including phenoxy) is 1. The SMILES string of the molecule is O=C(c1cc2n(n1)CCCC2)N1CCN(C(=O)C2(c3ccccc3)CCOCC2)CC1. The maximum atomic E-state index is 13.7. The second-order valence-electron chi connectivity index (χ2n) is 8.85. The third-order valence-corrected chi connectivity index (χ3v) is 7.07. The van der Waals surface area contributed by atoms with Crippen molar-refractivity contribution in [2.75, 3.05) is 39.4 Å². The number of nitrogens with zero attached hydrogens (tertiary/aromatic N) is 4. The van der Waals surface area contributed by atoms with Crippen molar-refractivity contribution in [2.45, 2.75) is 44.1 Å². The molecule has 3 aliphatic heterocycles. The van der Waals surface area contributed by atoms with Gasteiger partial charge in [0.2, 0.25) is 5.91 Å². The van der Waals surface area contributed by atoms with Gasteiger partial charge in [0.15, 0.2) is 5.69 Å². The van der Waals surface area contributed by atoms with Crippen LogP contribution in [0, 0.1) is 0 Å². The molecule has 1 aromatic heterocycles. The van der Waals surface area contributed by atoms with Crippen molar-refractivity contribution in [1.29, 1.82) is 0 Å². The Bertz CT molecular complexity index is 917. The summed E-state index contributed by atoms with van der Waals surface area (Å²) in [6.07, 6.45) is 4.68. The minimum absolute atomic E-state index is 0.0159. The Kier molecular flexibility index (Phi) is 5.52. The maximum absolute atomic E-state index is 13.7. The van der Waals surface area contributed by atoms with E-state index in [0.29, 0.717) is 57.9 Å². The fourth-order valence-corrected chi connectivity index (χ4v) is 5.20. The van der Waals surface area contributed by atoms with Gasteiger partial charge in [-0.25, -0.2) is 0 Å². The molecule has 1 aromatic carbocycles. The molecule has 5 rings (SSSR count). The van der Waals surface area contributed by atoms with Crippen LogP contribution in [0.1, 0.15) is 47.4 Å². The van der Waals surface area contributed by atoms with Crippen molar-refractivity contribution in [3.63, 3.8) is 0 Å². The van der Waals surface area contributed by atoms with E-state index >= 15 is 0 Å². The smallest absolute Gasteiger partial charge is 0.274 e. The van der Waals surface area contributed by atoms with E-state index < -0.39 is 5.41 Å². The van der Waals surface area contributed by atoms with Crippen LogP contribution in [0.15, 0.2) is 36.4 Å². The minimum Gasteiger partial charge on any atom is -0.381 e. The summed E-state index contributed by atoms with van der Waals surface area (Å²) in [7, 11) is 0. The molecule has 0 atom stereocenters. The van der Waals surface area contributed by atoms with Gasteiger partial charge in [0.25, 0.3) is 5.91 Å². The molecule has 0 saturated carbocycles. The van der Waals surface area contributed by atoms with Crippen molar-refractivity contribution >= 4 is 11.8 Å². The highest BCUT2D eigenvalue weighted by atomic mass is 16.5. The normalized spacial score (nSPS) is 20.9. The van der Waals surface area contributed by atoms with Crippen molar-refractivity contribution in [3.8, 4) is 0 Å². The number of rotatable bonds is 3. The molecule has 31 heavy (non-hydrogen) atoms. The van der Waals surface area contributed by atoms with Crippen LogP contribution in [0.25, 0.3) is 0 Å². The highest BCUT2D eigenvalue weighted by Crippen LogP contribution is 2.37. The van der Waals surface area contributed by atoms with Crippen LogP contribution < -0.4 is 0 Å². The van der Waals surface area contributed by atoms with Crippen LogP contribution in [0.4, 0.5) is 0 Å². The monoisotopic (exact) mass is 422 g/mol. The van der Waals surface area contributed by atoms with E-state index in [1.165, 1.54) is 0 Å². The van der Waals surface area contributed by atoms with Crippen LogP contribution in [-0.4, -0.2) is 70.8 Å². The van der Waals surface area contributed by atoms with E-state index in [0.717, 1.165) is 37.1 Å². The number of piperazine rings is 1. The number of fused-ring (bicyclic) bond motifs is 1.